The number of hydrogen-bond donors (Lipinski definition) is 0. The van der Waals surface area contributed by atoms with Crippen LogP contribution in [0.2, 0.25) is 5.02 Å². The van der Waals surface area contributed by atoms with Crippen molar-refractivity contribution in [1.82, 2.24) is 9.80 Å². The van der Waals surface area contributed by atoms with E-state index in [1.54, 1.807) is 53.3 Å². The van der Waals surface area contributed by atoms with Crippen LogP contribution in [0.15, 0.2) is 48.5 Å². The van der Waals surface area contributed by atoms with Gasteiger partial charge in [-0.25, -0.2) is 0 Å². The van der Waals surface area contributed by atoms with E-state index in [0.717, 1.165) is 0 Å². The predicted octanol–water partition coefficient (Wildman–Crippen LogP) is 2.71. The number of rotatable bonds is 5. The molecule has 0 unspecified atom stereocenters. The van der Waals surface area contributed by atoms with Crippen molar-refractivity contribution in [1.29, 1.82) is 0 Å². The summed E-state index contributed by atoms with van der Waals surface area (Å²) in [7, 11) is 1.54. The highest BCUT2D eigenvalue weighted by molar-refractivity contribution is 6.32. The number of amides is 2. The third kappa shape index (κ3) is 4.52. The maximum atomic E-state index is 12.7. The Balaban J connectivity index is 1.53. The molecule has 0 aromatic heterocycles. The maximum absolute atomic E-state index is 12.7. The molecule has 142 valence electrons. The number of methoxy groups -OCH3 is 1. The minimum atomic E-state index is -0.126. The van der Waals surface area contributed by atoms with Crippen LogP contribution in [0.5, 0.6) is 11.5 Å². The summed E-state index contributed by atoms with van der Waals surface area (Å²) in [5.41, 5.74) is 0.529. The summed E-state index contributed by atoms with van der Waals surface area (Å²) in [5.74, 6) is 0.817. The van der Waals surface area contributed by atoms with E-state index in [0.29, 0.717) is 48.3 Å². The van der Waals surface area contributed by atoms with Gasteiger partial charge in [-0.2, -0.15) is 0 Å². The molecule has 0 spiro atoms. The van der Waals surface area contributed by atoms with Gasteiger partial charge in [0.1, 0.15) is 11.5 Å². The van der Waals surface area contributed by atoms with Crippen molar-refractivity contribution in [3.05, 3.63) is 59.1 Å². The minimum Gasteiger partial charge on any atom is -0.496 e. The summed E-state index contributed by atoms with van der Waals surface area (Å²) in [6.45, 7) is 1.78. The molecule has 2 aromatic carbocycles. The van der Waals surface area contributed by atoms with Crippen LogP contribution < -0.4 is 9.47 Å². The Morgan fingerprint density at radius 1 is 0.926 bits per heavy atom. The molecule has 7 heteroatoms. The largest absolute Gasteiger partial charge is 0.496 e. The highest BCUT2D eigenvalue weighted by atomic mass is 35.5. The lowest BCUT2D eigenvalue weighted by molar-refractivity contribution is -0.134. The minimum absolute atomic E-state index is 0.0792. The normalized spacial score (nSPS) is 14.0. The number of benzene rings is 2. The summed E-state index contributed by atoms with van der Waals surface area (Å²) in [5, 5.41) is 0.470. The Morgan fingerprint density at radius 2 is 1.52 bits per heavy atom. The van der Waals surface area contributed by atoms with Crippen LogP contribution in [0.4, 0.5) is 0 Å². The molecule has 27 heavy (non-hydrogen) atoms. The molecule has 0 N–H and O–H groups in total. The van der Waals surface area contributed by atoms with Crippen LogP contribution in [0.1, 0.15) is 10.4 Å². The Morgan fingerprint density at radius 3 is 2.19 bits per heavy atom. The molecule has 0 saturated carbocycles. The molecule has 1 heterocycles. The van der Waals surface area contributed by atoms with Crippen LogP contribution in [-0.2, 0) is 4.79 Å². The van der Waals surface area contributed by atoms with Gasteiger partial charge >= 0.3 is 0 Å². The topological polar surface area (TPSA) is 59.1 Å². The monoisotopic (exact) mass is 388 g/mol. The Bertz CT molecular complexity index is 819. The molecule has 1 aliphatic rings. The molecule has 0 atom stereocenters. The van der Waals surface area contributed by atoms with Crippen molar-refractivity contribution in [2.45, 2.75) is 0 Å². The zero-order chi connectivity index (χ0) is 19.2. The van der Waals surface area contributed by atoms with Crippen molar-refractivity contribution >= 4 is 23.4 Å². The fourth-order valence-corrected chi connectivity index (χ4v) is 3.13. The van der Waals surface area contributed by atoms with E-state index in [-0.39, 0.29) is 18.4 Å². The third-order valence-electron chi connectivity index (χ3n) is 4.44. The van der Waals surface area contributed by atoms with Crippen molar-refractivity contribution in [2.24, 2.45) is 0 Å². The van der Waals surface area contributed by atoms with Gasteiger partial charge in [-0.05, 0) is 24.3 Å². The zero-order valence-electron chi connectivity index (χ0n) is 15.1. The van der Waals surface area contributed by atoms with Crippen LogP contribution in [0, 0.1) is 0 Å². The first-order chi connectivity index (χ1) is 13.1. The van der Waals surface area contributed by atoms with E-state index in [1.165, 1.54) is 0 Å². The third-order valence-corrected chi connectivity index (χ3v) is 4.76. The summed E-state index contributed by atoms with van der Waals surface area (Å²) >= 11 is 6.03. The second-order valence-electron chi connectivity index (χ2n) is 6.09. The van der Waals surface area contributed by atoms with Crippen molar-refractivity contribution < 1.29 is 19.1 Å². The van der Waals surface area contributed by atoms with Gasteiger partial charge in [0.25, 0.3) is 11.8 Å². The highest BCUT2D eigenvalue weighted by Gasteiger charge is 2.26. The number of nitrogens with zero attached hydrogens (tertiary/aromatic N) is 2. The van der Waals surface area contributed by atoms with E-state index < -0.39 is 0 Å². The van der Waals surface area contributed by atoms with E-state index in [1.807, 2.05) is 12.1 Å². The average Bonchev–Trinajstić information content (AvgIpc) is 2.72. The smallest absolute Gasteiger partial charge is 0.260 e. The van der Waals surface area contributed by atoms with Gasteiger partial charge < -0.3 is 19.3 Å². The molecule has 1 aliphatic heterocycles. The molecule has 2 aromatic rings. The van der Waals surface area contributed by atoms with Gasteiger partial charge in [0.15, 0.2) is 6.61 Å². The summed E-state index contributed by atoms with van der Waals surface area (Å²) in [6.07, 6.45) is 0. The fourth-order valence-electron chi connectivity index (χ4n) is 2.94. The number of ether oxygens (including phenoxy) is 2. The number of para-hydroxylation sites is 2. The van der Waals surface area contributed by atoms with Crippen molar-refractivity contribution in [3.8, 4) is 11.5 Å². The van der Waals surface area contributed by atoms with Gasteiger partial charge in [-0.3, -0.25) is 9.59 Å². The molecular formula is C20H21ClN2O4. The van der Waals surface area contributed by atoms with Gasteiger partial charge in [0.05, 0.1) is 17.7 Å². The number of hydrogen-bond acceptors (Lipinski definition) is 4. The number of carbonyl (C=O) groups excluding carboxylic acids is 2. The summed E-state index contributed by atoms with van der Waals surface area (Å²) in [4.78, 5) is 28.5. The standard InChI is InChI=1S/C20H21ClN2O4/c1-26-17-8-4-2-6-15(17)20(25)23-12-10-22(11-13-23)19(24)14-27-18-9-5-3-7-16(18)21/h2-9H,10-14H2,1H3. The second-order valence-corrected chi connectivity index (χ2v) is 6.50. The first-order valence-corrected chi connectivity index (χ1v) is 9.05. The quantitative estimate of drug-likeness (QED) is 0.790. The Hall–Kier alpha value is -2.73. The maximum Gasteiger partial charge on any atom is 0.260 e. The van der Waals surface area contributed by atoms with E-state index in [9.17, 15) is 9.59 Å². The summed E-state index contributed by atoms with van der Waals surface area (Å²) in [6, 6.07) is 14.2. The first-order valence-electron chi connectivity index (χ1n) is 8.67. The average molecular weight is 389 g/mol. The van der Waals surface area contributed by atoms with Crippen LogP contribution in [-0.4, -0.2) is 61.5 Å². The first kappa shape index (κ1) is 19.0. The molecule has 1 fully saturated rings. The van der Waals surface area contributed by atoms with E-state index in [4.69, 9.17) is 21.1 Å². The lowest BCUT2D eigenvalue weighted by Crippen LogP contribution is -2.51. The predicted molar refractivity (Wildman–Crippen MR) is 102 cm³/mol. The molecule has 0 radical (unpaired) electrons. The lowest BCUT2D eigenvalue weighted by atomic mass is 10.1. The number of piperazine rings is 1. The number of carbonyl (C=O) groups is 2. The van der Waals surface area contributed by atoms with Crippen molar-refractivity contribution in [3.63, 3.8) is 0 Å². The molecule has 2 amide bonds. The SMILES string of the molecule is COc1ccccc1C(=O)N1CCN(C(=O)COc2ccccc2Cl)CC1. The molecule has 3 rings (SSSR count). The molecular weight excluding hydrogens is 368 g/mol. The van der Waals surface area contributed by atoms with Crippen molar-refractivity contribution in [2.75, 3.05) is 39.9 Å². The Labute approximate surface area is 163 Å². The Kier molecular flexibility index (Phi) is 6.19. The number of halogens is 1. The zero-order valence-corrected chi connectivity index (χ0v) is 15.8. The van der Waals surface area contributed by atoms with E-state index >= 15 is 0 Å². The van der Waals surface area contributed by atoms with Gasteiger partial charge in [-0.1, -0.05) is 35.9 Å². The van der Waals surface area contributed by atoms with Gasteiger partial charge in [-0.15, -0.1) is 0 Å². The van der Waals surface area contributed by atoms with Crippen LogP contribution >= 0.6 is 11.6 Å². The van der Waals surface area contributed by atoms with Gasteiger partial charge in [0.2, 0.25) is 0 Å². The van der Waals surface area contributed by atoms with Crippen LogP contribution in [0.3, 0.4) is 0 Å². The molecule has 6 nitrogen and oxygen atoms in total. The molecule has 0 bridgehead atoms. The fraction of sp³-hybridized carbons (Fsp3) is 0.300. The second kappa shape index (κ2) is 8.77. The van der Waals surface area contributed by atoms with Gasteiger partial charge in [0, 0.05) is 26.2 Å². The lowest BCUT2D eigenvalue weighted by Gasteiger charge is -2.35. The van der Waals surface area contributed by atoms with Crippen LogP contribution in [0.25, 0.3) is 0 Å². The molecule has 0 aliphatic carbocycles. The van der Waals surface area contributed by atoms with E-state index in [2.05, 4.69) is 0 Å². The molecule has 1 saturated heterocycles. The summed E-state index contributed by atoms with van der Waals surface area (Å²) < 4.78 is 10.8. The highest BCUT2D eigenvalue weighted by Crippen LogP contribution is 2.23.